The Hall–Kier alpha value is -0.690. The largest absolute Gasteiger partial charge is 0.339 e. The normalized spacial score (nSPS) is 16.6. The first-order valence-corrected chi connectivity index (χ1v) is 13.1. The molecule has 0 aromatic carbocycles. The van der Waals surface area contributed by atoms with Crippen LogP contribution in [0.1, 0.15) is 85.5 Å². The molecule has 5 nitrogen and oxygen atoms in total. The van der Waals surface area contributed by atoms with Crippen LogP contribution in [0.2, 0.25) is 0 Å². The van der Waals surface area contributed by atoms with E-state index in [2.05, 4.69) is 39.1 Å². The molecule has 2 atom stereocenters. The molecule has 0 radical (unpaired) electrons. The van der Waals surface area contributed by atoms with Gasteiger partial charge in [-0.3, -0.25) is 14.4 Å². The summed E-state index contributed by atoms with van der Waals surface area (Å²) in [6.07, 6.45) is 7.69. The lowest BCUT2D eigenvalue weighted by Gasteiger charge is -2.35. The van der Waals surface area contributed by atoms with Gasteiger partial charge >= 0.3 is 0 Å². The zero-order chi connectivity index (χ0) is 23.4. The molecule has 1 aliphatic rings. The van der Waals surface area contributed by atoms with Crippen molar-refractivity contribution in [2.75, 3.05) is 26.2 Å². The summed E-state index contributed by atoms with van der Waals surface area (Å²) in [6, 6.07) is 0. The first-order chi connectivity index (χ1) is 14.6. The van der Waals surface area contributed by atoms with Gasteiger partial charge in [0, 0.05) is 61.9 Å². The van der Waals surface area contributed by atoms with Crippen molar-refractivity contribution in [1.29, 1.82) is 0 Å². The number of nitrogens with zero attached hydrogens (tertiary/aromatic N) is 2. The predicted octanol–water partition coefficient (Wildman–Crippen LogP) is 4.65. The zero-order valence-electron chi connectivity index (χ0n) is 20.0. The molecule has 7 heteroatoms. The van der Waals surface area contributed by atoms with E-state index in [0.717, 1.165) is 38.5 Å². The molecule has 31 heavy (non-hydrogen) atoms. The standard InChI is InChI=1S/C24H44N2O3S2/c1-18(2)17-20(27)9-10-21(30)7-5-6-8-22(31)11-12-23(28)25-13-15-26(16-14-25)24(29)19(3)4/h18-19,21-22,30-31H,5-17H2,1-4H3. The Labute approximate surface area is 200 Å². The molecule has 0 bridgehead atoms. The summed E-state index contributed by atoms with van der Waals surface area (Å²) in [5, 5.41) is 0.524. The van der Waals surface area contributed by atoms with E-state index >= 15 is 0 Å². The number of unbranched alkanes of at least 4 members (excludes halogenated alkanes) is 1. The van der Waals surface area contributed by atoms with Crippen LogP contribution in [0.5, 0.6) is 0 Å². The van der Waals surface area contributed by atoms with Crippen molar-refractivity contribution in [3.05, 3.63) is 0 Å². The number of rotatable bonds is 14. The van der Waals surface area contributed by atoms with Gasteiger partial charge in [-0.1, -0.05) is 40.5 Å². The molecule has 1 fully saturated rings. The van der Waals surface area contributed by atoms with Crippen molar-refractivity contribution in [3.8, 4) is 0 Å². The number of hydrogen-bond acceptors (Lipinski definition) is 5. The molecule has 0 aromatic rings. The Morgan fingerprint density at radius 2 is 1.23 bits per heavy atom. The molecule has 2 amide bonds. The summed E-state index contributed by atoms with van der Waals surface area (Å²) in [7, 11) is 0. The van der Waals surface area contributed by atoms with E-state index in [1.807, 2.05) is 23.6 Å². The third-order valence-corrected chi connectivity index (χ3v) is 6.88. The molecule has 1 rings (SSSR count). The summed E-state index contributed by atoms with van der Waals surface area (Å²) < 4.78 is 0. The van der Waals surface area contributed by atoms with Crippen LogP contribution in [0.3, 0.4) is 0 Å². The number of thiol groups is 2. The van der Waals surface area contributed by atoms with E-state index in [0.29, 0.717) is 57.1 Å². The van der Waals surface area contributed by atoms with Crippen LogP contribution in [-0.4, -0.2) is 64.1 Å². The molecule has 180 valence electrons. The van der Waals surface area contributed by atoms with Crippen LogP contribution in [0.15, 0.2) is 0 Å². The highest BCUT2D eigenvalue weighted by Gasteiger charge is 2.25. The molecular weight excluding hydrogens is 428 g/mol. The van der Waals surface area contributed by atoms with Crippen molar-refractivity contribution in [2.45, 2.75) is 96.0 Å². The van der Waals surface area contributed by atoms with E-state index in [1.165, 1.54) is 0 Å². The van der Waals surface area contributed by atoms with Gasteiger partial charge < -0.3 is 9.80 Å². The van der Waals surface area contributed by atoms with Crippen LogP contribution in [-0.2, 0) is 14.4 Å². The van der Waals surface area contributed by atoms with Gasteiger partial charge in [-0.25, -0.2) is 0 Å². The second-order valence-electron chi connectivity index (χ2n) is 9.67. The summed E-state index contributed by atoms with van der Waals surface area (Å²) in [6.45, 7) is 10.5. The highest BCUT2D eigenvalue weighted by molar-refractivity contribution is 7.81. The average Bonchev–Trinajstić information content (AvgIpc) is 2.72. The number of carbonyl (C=O) groups is 3. The van der Waals surface area contributed by atoms with E-state index < -0.39 is 0 Å². The van der Waals surface area contributed by atoms with Gasteiger partial charge in [-0.05, 0) is 31.6 Å². The Balaban J connectivity index is 2.11. The minimum absolute atomic E-state index is 0.0115. The monoisotopic (exact) mass is 472 g/mol. The number of piperazine rings is 1. The minimum atomic E-state index is 0.0115. The molecule has 0 aliphatic carbocycles. The molecule has 2 unspecified atom stereocenters. The van der Waals surface area contributed by atoms with Gasteiger partial charge in [-0.15, -0.1) is 0 Å². The van der Waals surface area contributed by atoms with E-state index in [1.54, 1.807) is 0 Å². The lowest BCUT2D eigenvalue weighted by molar-refractivity contribution is -0.141. The maximum atomic E-state index is 12.5. The molecule has 1 aliphatic heterocycles. The van der Waals surface area contributed by atoms with Crippen molar-refractivity contribution < 1.29 is 14.4 Å². The maximum absolute atomic E-state index is 12.5. The molecule has 0 spiro atoms. The molecular formula is C24H44N2O3S2. The van der Waals surface area contributed by atoms with Gasteiger partial charge in [0.15, 0.2) is 0 Å². The SMILES string of the molecule is CC(C)CC(=O)CCC(S)CCCCC(S)CCC(=O)N1CCN(C(=O)C(C)C)CC1. The van der Waals surface area contributed by atoms with Crippen LogP contribution in [0, 0.1) is 11.8 Å². The second-order valence-corrected chi connectivity index (χ2v) is 11.1. The molecule has 0 N–H and O–H groups in total. The number of amides is 2. The van der Waals surface area contributed by atoms with Crippen LogP contribution < -0.4 is 0 Å². The van der Waals surface area contributed by atoms with E-state index in [9.17, 15) is 14.4 Å². The van der Waals surface area contributed by atoms with Crippen LogP contribution in [0.25, 0.3) is 0 Å². The summed E-state index contributed by atoms with van der Waals surface area (Å²) in [4.78, 5) is 40.1. The molecule has 1 saturated heterocycles. The van der Waals surface area contributed by atoms with Crippen molar-refractivity contribution in [1.82, 2.24) is 9.80 Å². The van der Waals surface area contributed by atoms with E-state index in [-0.39, 0.29) is 28.2 Å². The molecule has 0 aromatic heterocycles. The van der Waals surface area contributed by atoms with Gasteiger partial charge in [0.05, 0.1) is 0 Å². The summed E-state index contributed by atoms with van der Waals surface area (Å²) >= 11 is 9.30. The molecule has 1 heterocycles. The Morgan fingerprint density at radius 3 is 1.71 bits per heavy atom. The number of Topliss-reactive ketones (excluding diaryl/α,β-unsaturated/α-hetero) is 1. The van der Waals surface area contributed by atoms with Crippen molar-refractivity contribution >= 4 is 42.9 Å². The number of carbonyl (C=O) groups excluding carboxylic acids is 3. The van der Waals surface area contributed by atoms with Gasteiger partial charge in [-0.2, -0.15) is 25.3 Å². The number of ketones is 1. The first kappa shape index (κ1) is 28.3. The first-order valence-electron chi connectivity index (χ1n) is 12.0. The highest BCUT2D eigenvalue weighted by Crippen LogP contribution is 2.19. The lowest BCUT2D eigenvalue weighted by atomic mass is 10.0. The van der Waals surface area contributed by atoms with Crippen LogP contribution in [0.4, 0.5) is 0 Å². The van der Waals surface area contributed by atoms with Crippen LogP contribution >= 0.6 is 25.3 Å². The third kappa shape index (κ3) is 12.2. The fourth-order valence-corrected chi connectivity index (χ4v) is 4.55. The van der Waals surface area contributed by atoms with Gasteiger partial charge in [0.1, 0.15) is 5.78 Å². The fourth-order valence-electron chi connectivity index (χ4n) is 3.92. The average molecular weight is 473 g/mol. The smallest absolute Gasteiger partial charge is 0.225 e. The fraction of sp³-hybridized carbons (Fsp3) is 0.875. The predicted molar refractivity (Wildman–Crippen MR) is 135 cm³/mol. The second kappa shape index (κ2) is 15.2. The highest BCUT2D eigenvalue weighted by atomic mass is 32.1. The minimum Gasteiger partial charge on any atom is -0.339 e. The quantitative estimate of drug-likeness (QED) is 0.286. The lowest BCUT2D eigenvalue weighted by Crippen LogP contribution is -2.51. The van der Waals surface area contributed by atoms with E-state index in [4.69, 9.17) is 0 Å². The summed E-state index contributed by atoms with van der Waals surface area (Å²) in [5.74, 6) is 1.15. The Morgan fingerprint density at radius 1 is 0.742 bits per heavy atom. The van der Waals surface area contributed by atoms with Gasteiger partial charge in [0.25, 0.3) is 0 Å². The maximum Gasteiger partial charge on any atom is 0.225 e. The van der Waals surface area contributed by atoms with Crippen molar-refractivity contribution in [2.24, 2.45) is 11.8 Å². The Kier molecular flexibility index (Phi) is 13.9. The topological polar surface area (TPSA) is 57.7 Å². The Bertz CT molecular complexity index is 561. The third-order valence-electron chi connectivity index (χ3n) is 5.85. The number of hydrogen-bond donors (Lipinski definition) is 2. The molecule has 0 saturated carbocycles. The van der Waals surface area contributed by atoms with Crippen molar-refractivity contribution in [3.63, 3.8) is 0 Å². The van der Waals surface area contributed by atoms with Gasteiger partial charge in [0.2, 0.25) is 11.8 Å². The zero-order valence-corrected chi connectivity index (χ0v) is 21.8. The summed E-state index contributed by atoms with van der Waals surface area (Å²) in [5.41, 5.74) is 0.